The highest BCUT2D eigenvalue weighted by atomic mass is 19.4. The van der Waals surface area contributed by atoms with Crippen molar-refractivity contribution in [2.24, 2.45) is 0 Å². The fourth-order valence-electron chi connectivity index (χ4n) is 3.43. The maximum Gasteiger partial charge on any atom is 0.417 e. The van der Waals surface area contributed by atoms with Crippen molar-refractivity contribution in [1.29, 1.82) is 0 Å². The molecule has 5 nitrogen and oxygen atoms in total. The zero-order valence-corrected chi connectivity index (χ0v) is 16.2. The minimum atomic E-state index is -4.54. The number of benzene rings is 1. The molecular formula is C20H22F3N3O2. The number of hydrogen-bond acceptors (Lipinski definition) is 4. The Labute approximate surface area is 161 Å². The summed E-state index contributed by atoms with van der Waals surface area (Å²) in [5, 5.41) is 0. The van der Waals surface area contributed by atoms with Gasteiger partial charge in [-0.3, -0.25) is 4.57 Å². The van der Waals surface area contributed by atoms with Gasteiger partial charge in [0.1, 0.15) is 11.3 Å². The van der Waals surface area contributed by atoms with Crippen molar-refractivity contribution < 1.29 is 22.6 Å². The summed E-state index contributed by atoms with van der Waals surface area (Å²) in [6.45, 7) is 4.07. The molecular weight excluding hydrogens is 371 g/mol. The molecule has 0 fully saturated rings. The van der Waals surface area contributed by atoms with Crippen LogP contribution in [0.5, 0.6) is 11.8 Å². The number of halogens is 3. The number of methoxy groups -OCH3 is 2. The molecule has 0 bridgehead atoms. The molecule has 0 saturated heterocycles. The van der Waals surface area contributed by atoms with Crippen LogP contribution >= 0.6 is 0 Å². The van der Waals surface area contributed by atoms with Crippen LogP contribution in [0.1, 0.15) is 38.3 Å². The number of imidazole rings is 1. The fraction of sp³-hybridized carbons (Fsp3) is 0.400. The predicted molar refractivity (Wildman–Crippen MR) is 101 cm³/mol. The van der Waals surface area contributed by atoms with Gasteiger partial charge in [0.15, 0.2) is 5.65 Å². The van der Waals surface area contributed by atoms with Crippen molar-refractivity contribution in [2.45, 2.75) is 38.9 Å². The average molecular weight is 393 g/mol. The molecule has 150 valence electrons. The summed E-state index contributed by atoms with van der Waals surface area (Å²) >= 11 is 0. The Hall–Kier alpha value is -2.77. The normalized spacial score (nSPS) is 12.0. The average Bonchev–Trinajstić information content (AvgIpc) is 3.06. The van der Waals surface area contributed by atoms with Crippen molar-refractivity contribution in [3.63, 3.8) is 0 Å². The molecule has 3 rings (SSSR count). The second-order valence-corrected chi connectivity index (χ2v) is 6.38. The van der Waals surface area contributed by atoms with E-state index in [2.05, 4.69) is 9.97 Å². The molecule has 0 aliphatic carbocycles. The summed E-state index contributed by atoms with van der Waals surface area (Å²) in [6.07, 6.45) is -1.40. The number of ether oxygens (including phenoxy) is 2. The Bertz CT molecular complexity index is 979. The van der Waals surface area contributed by atoms with E-state index in [-0.39, 0.29) is 17.4 Å². The van der Waals surface area contributed by atoms with Gasteiger partial charge >= 0.3 is 6.18 Å². The highest BCUT2D eigenvalue weighted by Crippen LogP contribution is 2.41. The predicted octanol–water partition coefficient (Wildman–Crippen LogP) is 5.50. The van der Waals surface area contributed by atoms with E-state index in [1.165, 1.54) is 32.5 Å². The van der Waals surface area contributed by atoms with E-state index in [4.69, 9.17) is 9.47 Å². The van der Waals surface area contributed by atoms with Gasteiger partial charge in [0, 0.05) is 17.8 Å². The first kappa shape index (κ1) is 20.0. The van der Waals surface area contributed by atoms with E-state index in [1.807, 2.05) is 18.4 Å². The number of fused-ring (bicyclic) bond motifs is 1. The zero-order valence-electron chi connectivity index (χ0n) is 16.2. The third kappa shape index (κ3) is 3.39. The minimum Gasteiger partial charge on any atom is -0.497 e. The monoisotopic (exact) mass is 393 g/mol. The molecule has 28 heavy (non-hydrogen) atoms. The SMILES string of the molecule is CCC(CC)n1c(OC)nc2c(-c3ccc(OC)cc3C(F)(F)F)ccnc21. The zero-order chi connectivity index (χ0) is 20.5. The maximum atomic E-state index is 13.7. The molecule has 0 unspecified atom stereocenters. The molecule has 3 aromatic rings. The fourth-order valence-corrected chi connectivity index (χ4v) is 3.43. The van der Waals surface area contributed by atoms with Crippen molar-refractivity contribution in [2.75, 3.05) is 14.2 Å². The van der Waals surface area contributed by atoms with Crippen LogP contribution in [0, 0.1) is 0 Å². The maximum absolute atomic E-state index is 13.7. The number of pyridine rings is 1. The Morgan fingerprint density at radius 1 is 1.04 bits per heavy atom. The molecule has 8 heteroatoms. The summed E-state index contributed by atoms with van der Waals surface area (Å²) < 4.78 is 53.4. The van der Waals surface area contributed by atoms with Gasteiger partial charge < -0.3 is 9.47 Å². The first-order valence-electron chi connectivity index (χ1n) is 9.02. The van der Waals surface area contributed by atoms with Gasteiger partial charge in [-0.05, 0) is 36.6 Å². The second-order valence-electron chi connectivity index (χ2n) is 6.38. The van der Waals surface area contributed by atoms with E-state index in [1.54, 1.807) is 6.07 Å². The third-order valence-corrected chi connectivity index (χ3v) is 4.86. The smallest absolute Gasteiger partial charge is 0.417 e. The molecule has 0 aliphatic heterocycles. The third-order valence-electron chi connectivity index (χ3n) is 4.86. The van der Waals surface area contributed by atoms with Crippen molar-refractivity contribution in [3.8, 4) is 22.9 Å². The molecule has 1 aromatic carbocycles. The highest BCUT2D eigenvalue weighted by molar-refractivity contribution is 5.92. The van der Waals surface area contributed by atoms with Gasteiger partial charge in [0.05, 0.1) is 19.8 Å². The first-order valence-corrected chi connectivity index (χ1v) is 9.02. The largest absolute Gasteiger partial charge is 0.497 e. The highest BCUT2D eigenvalue weighted by Gasteiger charge is 2.35. The Kier molecular flexibility index (Phi) is 5.49. The van der Waals surface area contributed by atoms with Crippen LogP contribution in [0.3, 0.4) is 0 Å². The van der Waals surface area contributed by atoms with Crippen LogP contribution in [0.4, 0.5) is 13.2 Å². The van der Waals surface area contributed by atoms with Gasteiger partial charge in [-0.15, -0.1) is 0 Å². The quantitative estimate of drug-likeness (QED) is 0.555. The van der Waals surface area contributed by atoms with Crippen LogP contribution in [-0.4, -0.2) is 28.8 Å². The van der Waals surface area contributed by atoms with Crippen LogP contribution in [0.15, 0.2) is 30.5 Å². The molecule has 0 spiro atoms. The van der Waals surface area contributed by atoms with Crippen molar-refractivity contribution in [3.05, 3.63) is 36.0 Å². The lowest BCUT2D eigenvalue weighted by molar-refractivity contribution is -0.137. The summed E-state index contributed by atoms with van der Waals surface area (Å²) in [7, 11) is 2.83. The minimum absolute atomic E-state index is 0.0255. The van der Waals surface area contributed by atoms with E-state index in [0.717, 1.165) is 18.9 Å². The van der Waals surface area contributed by atoms with E-state index in [0.29, 0.717) is 22.7 Å². The topological polar surface area (TPSA) is 49.2 Å². The second kappa shape index (κ2) is 7.69. The molecule has 0 aliphatic rings. The first-order chi connectivity index (χ1) is 13.3. The standard InChI is InChI=1S/C20H22F3N3O2/c1-5-12(6-2)26-18-17(25-19(26)28-4)15(9-10-24-18)14-8-7-13(27-3)11-16(14)20(21,22)23/h7-12H,5-6H2,1-4H3. The van der Waals surface area contributed by atoms with Gasteiger partial charge in [0.2, 0.25) is 0 Å². The molecule has 0 N–H and O–H groups in total. The van der Waals surface area contributed by atoms with Gasteiger partial charge in [-0.1, -0.05) is 19.9 Å². The lowest BCUT2D eigenvalue weighted by atomic mass is 9.99. The molecule has 0 amide bonds. The van der Waals surface area contributed by atoms with Gasteiger partial charge in [-0.25, -0.2) is 4.98 Å². The van der Waals surface area contributed by atoms with Crippen LogP contribution in [0.25, 0.3) is 22.3 Å². The number of aromatic nitrogens is 3. The summed E-state index contributed by atoms with van der Waals surface area (Å²) in [5.41, 5.74) is 0.477. The molecule has 0 radical (unpaired) electrons. The summed E-state index contributed by atoms with van der Waals surface area (Å²) in [6, 6.07) is 5.87. The molecule has 2 heterocycles. The van der Waals surface area contributed by atoms with Crippen LogP contribution in [-0.2, 0) is 6.18 Å². The van der Waals surface area contributed by atoms with E-state index < -0.39 is 11.7 Å². The number of nitrogens with zero attached hydrogens (tertiary/aromatic N) is 3. The lowest BCUT2D eigenvalue weighted by Crippen LogP contribution is -2.09. The molecule has 0 saturated carbocycles. The number of rotatable bonds is 6. The number of alkyl halides is 3. The Balaban J connectivity index is 2.32. The summed E-state index contributed by atoms with van der Waals surface area (Å²) in [5.74, 6) is 0.140. The van der Waals surface area contributed by atoms with Crippen molar-refractivity contribution >= 4 is 11.2 Å². The summed E-state index contributed by atoms with van der Waals surface area (Å²) in [4.78, 5) is 8.86. The Morgan fingerprint density at radius 2 is 1.75 bits per heavy atom. The van der Waals surface area contributed by atoms with Gasteiger partial charge in [-0.2, -0.15) is 18.2 Å². The van der Waals surface area contributed by atoms with E-state index in [9.17, 15) is 13.2 Å². The molecule has 2 aromatic heterocycles. The van der Waals surface area contributed by atoms with Crippen LogP contribution in [0.2, 0.25) is 0 Å². The Morgan fingerprint density at radius 3 is 2.32 bits per heavy atom. The van der Waals surface area contributed by atoms with Crippen LogP contribution < -0.4 is 9.47 Å². The number of hydrogen-bond donors (Lipinski definition) is 0. The lowest BCUT2D eigenvalue weighted by Gasteiger charge is -2.17. The van der Waals surface area contributed by atoms with Gasteiger partial charge in [0.25, 0.3) is 6.01 Å². The van der Waals surface area contributed by atoms with Crippen molar-refractivity contribution in [1.82, 2.24) is 14.5 Å². The van der Waals surface area contributed by atoms with E-state index >= 15 is 0 Å². The molecule has 0 atom stereocenters.